The highest BCUT2D eigenvalue weighted by Gasteiger charge is 2.34. The molecule has 2 saturated heterocycles. The molecule has 2 aliphatic rings. The molecule has 1 N–H and O–H groups in total. The Bertz CT molecular complexity index is 757. The summed E-state index contributed by atoms with van der Waals surface area (Å²) in [6, 6.07) is 12.3. The van der Waals surface area contributed by atoms with Crippen molar-refractivity contribution in [1.82, 2.24) is 15.2 Å². The first-order valence-corrected chi connectivity index (χ1v) is 9.84. The monoisotopic (exact) mass is 365 g/mol. The van der Waals surface area contributed by atoms with Gasteiger partial charge in [0.25, 0.3) is 0 Å². The number of likely N-dealkylation sites (tertiary alicyclic amines) is 1. The first-order chi connectivity index (χ1) is 13.2. The summed E-state index contributed by atoms with van der Waals surface area (Å²) < 4.78 is 5.51. The van der Waals surface area contributed by atoms with Crippen molar-refractivity contribution in [3.05, 3.63) is 54.4 Å². The van der Waals surface area contributed by atoms with Crippen LogP contribution in [0.1, 0.15) is 31.4 Å². The zero-order valence-electron chi connectivity index (χ0n) is 15.8. The summed E-state index contributed by atoms with van der Waals surface area (Å²) in [5, 5.41) is 3.15. The average molecular weight is 365 g/mol. The minimum Gasteiger partial charge on any atom is -0.381 e. The highest BCUT2D eigenvalue weighted by molar-refractivity contribution is 5.75. The summed E-state index contributed by atoms with van der Waals surface area (Å²) in [6.07, 6.45) is 5.87. The summed E-state index contributed by atoms with van der Waals surface area (Å²) in [5.41, 5.74) is 3.34. The number of nitrogens with one attached hydrogen (secondary N) is 1. The van der Waals surface area contributed by atoms with E-state index in [4.69, 9.17) is 4.74 Å². The number of amides is 2. The van der Waals surface area contributed by atoms with E-state index >= 15 is 0 Å². The van der Waals surface area contributed by atoms with Crippen LogP contribution in [0.2, 0.25) is 0 Å². The number of benzene rings is 1. The van der Waals surface area contributed by atoms with Gasteiger partial charge in [-0.3, -0.25) is 4.98 Å². The summed E-state index contributed by atoms with van der Waals surface area (Å²) in [6.45, 7) is 5.47. The first kappa shape index (κ1) is 18.0. The molecule has 142 valence electrons. The van der Waals surface area contributed by atoms with Crippen molar-refractivity contribution < 1.29 is 9.53 Å². The van der Waals surface area contributed by atoms with Crippen LogP contribution >= 0.6 is 0 Å². The molecular weight excluding hydrogens is 338 g/mol. The molecule has 4 rings (SSSR count). The van der Waals surface area contributed by atoms with Gasteiger partial charge in [-0.05, 0) is 54.4 Å². The van der Waals surface area contributed by atoms with Crippen molar-refractivity contribution in [2.75, 3.05) is 26.3 Å². The van der Waals surface area contributed by atoms with Crippen LogP contribution in [0.5, 0.6) is 0 Å². The summed E-state index contributed by atoms with van der Waals surface area (Å²) >= 11 is 0. The second-order valence-corrected chi connectivity index (χ2v) is 7.65. The molecule has 3 unspecified atom stereocenters. The van der Waals surface area contributed by atoms with Crippen LogP contribution in [0, 0.1) is 11.8 Å². The van der Waals surface area contributed by atoms with Gasteiger partial charge in [0.05, 0.1) is 6.04 Å². The fourth-order valence-corrected chi connectivity index (χ4v) is 4.14. The second-order valence-electron chi connectivity index (χ2n) is 7.65. The van der Waals surface area contributed by atoms with E-state index < -0.39 is 0 Å². The minimum atomic E-state index is -0.0192. The van der Waals surface area contributed by atoms with Gasteiger partial charge in [-0.2, -0.15) is 0 Å². The highest BCUT2D eigenvalue weighted by Crippen LogP contribution is 2.30. The van der Waals surface area contributed by atoms with E-state index in [1.54, 1.807) is 6.20 Å². The number of urea groups is 1. The molecule has 3 heterocycles. The van der Waals surface area contributed by atoms with Crippen molar-refractivity contribution in [3.8, 4) is 11.1 Å². The van der Waals surface area contributed by atoms with Gasteiger partial charge >= 0.3 is 6.03 Å². The lowest BCUT2D eigenvalue weighted by atomic mass is 9.91. The van der Waals surface area contributed by atoms with Gasteiger partial charge in [0.1, 0.15) is 0 Å². The van der Waals surface area contributed by atoms with Crippen LogP contribution in [-0.4, -0.2) is 42.2 Å². The molecule has 2 aromatic rings. The number of ether oxygens (including phenoxy) is 1. The van der Waals surface area contributed by atoms with Crippen LogP contribution < -0.4 is 5.32 Å². The maximum Gasteiger partial charge on any atom is 0.317 e. The van der Waals surface area contributed by atoms with E-state index in [0.717, 1.165) is 55.8 Å². The Balaban J connectivity index is 1.33. The normalized spacial score (nSPS) is 23.4. The Kier molecular flexibility index (Phi) is 5.39. The molecule has 2 aliphatic heterocycles. The first-order valence-electron chi connectivity index (χ1n) is 9.84. The largest absolute Gasteiger partial charge is 0.381 e. The topological polar surface area (TPSA) is 54.5 Å². The molecule has 3 atom stereocenters. The van der Waals surface area contributed by atoms with Gasteiger partial charge in [-0.1, -0.05) is 30.3 Å². The van der Waals surface area contributed by atoms with E-state index in [9.17, 15) is 4.79 Å². The quantitative estimate of drug-likeness (QED) is 0.895. The lowest BCUT2D eigenvalue weighted by Crippen LogP contribution is -2.40. The fraction of sp³-hybridized carbons (Fsp3) is 0.455. The molecule has 5 heteroatoms. The Morgan fingerprint density at radius 2 is 2.04 bits per heavy atom. The molecule has 2 fully saturated rings. The number of hydrogen-bond acceptors (Lipinski definition) is 3. The molecule has 2 amide bonds. The summed E-state index contributed by atoms with van der Waals surface area (Å²) in [5.74, 6) is 1.22. The number of aromatic nitrogens is 1. The molecule has 0 radical (unpaired) electrons. The van der Waals surface area contributed by atoms with Crippen LogP contribution in [-0.2, 0) is 4.74 Å². The molecule has 1 aromatic carbocycles. The van der Waals surface area contributed by atoms with E-state index in [-0.39, 0.29) is 12.1 Å². The zero-order valence-corrected chi connectivity index (χ0v) is 15.8. The zero-order chi connectivity index (χ0) is 18.6. The maximum atomic E-state index is 12.7. The number of nitrogens with zero attached hydrogens (tertiary/aromatic N) is 2. The molecule has 27 heavy (non-hydrogen) atoms. The number of carbonyl (C=O) groups is 1. The molecule has 1 aromatic heterocycles. The SMILES string of the molecule is CC(NC(=O)N1CCC(C2CCOC2)C1)c1ccc(-c2cccnc2)cc1. The molecule has 0 saturated carbocycles. The van der Waals surface area contributed by atoms with Crippen molar-refractivity contribution in [1.29, 1.82) is 0 Å². The Morgan fingerprint density at radius 3 is 2.74 bits per heavy atom. The lowest BCUT2D eigenvalue weighted by molar-refractivity contribution is 0.170. The van der Waals surface area contributed by atoms with Crippen LogP contribution in [0.15, 0.2) is 48.8 Å². The number of rotatable bonds is 4. The van der Waals surface area contributed by atoms with Crippen LogP contribution in [0.25, 0.3) is 11.1 Å². The third-order valence-corrected chi connectivity index (χ3v) is 5.89. The molecule has 0 bridgehead atoms. The van der Waals surface area contributed by atoms with Gasteiger partial charge in [-0.15, -0.1) is 0 Å². The number of hydrogen-bond donors (Lipinski definition) is 1. The van der Waals surface area contributed by atoms with Gasteiger partial charge in [0.15, 0.2) is 0 Å². The average Bonchev–Trinajstić information content (AvgIpc) is 3.40. The van der Waals surface area contributed by atoms with Crippen molar-refractivity contribution in [2.45, 2.75) is 25.8 Å². The van der Waals surface area contributed by atoms with Gasteiger partial charge < -0.3 is 15.0 Å². The lowest BCUT2D eigenvalue weighted by Gasteiger charge is -2.22. The van der Waals surface area contributed by atoms with Crippen LogP contribution in [0.3, 0.4) is 0 Å². The maximum absolute atomic E-state index is 12.7. The minimum absolute atomic E-state index is 0.0192. The Labute approximate surface area is 160 Å². The summed E-state index contributed by atoms with van der Waals surface area (Å²) in [7, 11) is 0. The van der Waals surface area contributed by atoms with E-state index in [1.165, 1.54) is 0 Å². The molecular formula is C22H27N3O2. The molecule has 0 aliphatic carbocycles. The number of pyridine rings is 1. The summed E-state index contributed by atoms with van der Waals surface area (Å²) in [4.78, 5) is 18.8. The van der Waals surface area contributed by atoms with Gasteiger partial charge in [-0.25, -0.2) is 4.79 Å². The van der Waals surface area contributed by atoms with Crippen LogP contribution in [0.4, 0.5) is 4.79 Å². The van der Waals surface area contributed by atoms with Gasteiger partial charge in [0.2, 0.25) is 0 Å². The Morgan fingerprint density at radius 1 is 1.19 bits per heavy atom. The smallest absolute Gasteiger partial charge is 0.317 e. The predicted octanol–water partition coefficient (Wildman–Crippen LogP) is 3.88. The van der Waals surface area contributed by atoms with E-state index in [0.29, 0.717) is 11.8 Å². The second kappa shape index (κ2) is 8.09. The third-order valence-electron chi connectivity index (χ3n) is 5.89. The third kappa shape index (κ3) is 4.14. The van der Waals surface area contributed by atoms with Crippen molar-refractivity contribution in [3.63, 3.8) is 0 Å². The standard InChI is InChI=1S/C22H27N3O2/c1-16(17-4-6-18(7-5-17)19-3-2-10-23-13-19)24-22(26)25-11-8-20(14-25)21-9-12-27-15-21/h2-7,10,13,16,20-21H,8-9,11-12,14-15H2,1H3,(H,24,26). The van der Waals surface area contributed by atoms with Crippen molar-refractivity contribution >= 4 is 6.03 Å². The highest BCUT2D eigenvalue weighted by atomic mass is 16.5. The fourth-order valence-electron chi connectivity index (χ4n) is 4.14. The molecule has 5 nitrogen and oxygen atoms in total. The van der Waals surface area contributed by atoms with Crippen molar-refractivity contribution in [2.24, 2.45) is 11.8 Å². The predicted molar refractivity (Wildman–Crippen MR) is 105 cm³/mol. The molecule has 0 spiro atoms. The Hall–Kier alpha value is -2.40. The number of carbonyl (C=O) groups excluding carboxylic acids is 1. The van der Waals surface area contributed by atoms with E-state index in [1.807, 2.05) is 30.2 Å². The van der Waals surface area contributed by atoms with E-state index in [2.05, 4.69) is 34.6 Å². The van der Waals surface area contributed by atoms with Gasteiger partial charge in [0, 0.05) is 38.7 Å².